The Balaban J connectivity index is 1.44. The third-order valence-corrected chi connectivity index (χ3v) is 4.57. The number of amides is 1. The van der Waals surface area contributed by atoms with Gasteiger partial charge in [-0.2, -0.15) is 5.10 Å². The molecule has 0 aromatic heterocycles. The van der Waals surface area contributed by atoms with Gasteiger partial charge in [0, 0.05) is 10.6 Å². The summed E-state index contributed by atoms with van der Waals surface area (Å²) >= 11 is 6.13. The van der Waals surface area contributed by atoms with E-state index in [0.29, 0.717) is 17.4 Å². The van der Waals surface area contributed by atoms with Crippen LogP contribution in [0.1, 0.15) is 22.3 Å². The minimum atomic E-state index is -0.329. The Morgan fingerprint density at radius 2 is 1.67 bits per heavy atom. The second-order valence-electron chi connectivity index (χ2n) is 6.85. The first-order valence-corrected chi connectivity index (χ1v) is 9.87. The van der Waals surface area contributed by atoms with Gasteiger partial charge in [-0.1, -0.05) is 35.9 Å². The molecular weight excluding hydrogens is 400 g/mol. The standard InChI is InChI=1S/C24H23ClN2O3/c1-17-11-18(2)13-22(12-17)30-16-24(28)27-26-14-19-7-9-21(10-8-19)29-15-20-5-3-4-6-23(20)25/h3-14H,15-16H2,1-2H3,(H,27,28)/b26-14+. The van der Waals surface area contributed by atoms with Crippen LogP contribution in [0.3, 0.4) is 0 Å². The predicted octanol–water partition coefficient (Wildman–Crippen LogP) is 5.06. The summed E-state index contributed by atoms with van der Waals surface area (Å²) in [6.07, 6.45) is 1.56. The van der Waals surface area contributed by atoms with Crippen molar-refractivity contribution in [1.29, 1.82) is 0 Å². The van der Waals surface area contributed by atoms with Gasteiger partial charge in [0.05, 0.1) is 6.21 Å². The van der Waals surface area contributed by atoms with E-state index >= 15 is 0 Å². The minimum Gasteiger partial charge on any atom is -0.489 e. The lowest BCUT2D eigenvalue weighted by Crippen LogP contribution is -2.24. The Kier molecular flexibility index (Phi) is 7.46. The largest absolute Gasteiger partial charge is 0.489 e. The minimum absolute atomic E-state index is 0.102. The highest BCUT2D eigenvalue weighted by Gasteiger charge is 2.03. The molecule has 0 spiro atoms. The normalized spacial score (nSPS) is 10.8. The van der Waals surface area contributed by atoms with Crippen LogP contribution in [-0.4, -0.2) is 18.7 Å². The van der Waals surface area contributed by atoms with Gasteiger partial charge in [-0.25, -0.2) is 5.43 Å². The number of hydrazone groups is 1. The molecule has 3 aromatic rings. The Labute approximate surface area is 181 Å². The summed E-state index contributed by atoms with van der Waals surface area (Å²) in [5, 5.41) is 4.64. The molecule has 3 aromatic carbocycles. The molecule has 5 nitrogen and oxygen atoms in total. The summed E-state index contributed by atoms with van der Waals surface area (Å²) in [5.74, 6) is 1.06. The summed E-state index contributed by atoms with van der Waals surface area (Å²) in [6.45, 7) is 4.26. The highest BCUT2D eigenvalue weighted by molar-refractivity contribution is 6.31. The number of rotatable bonds is 8. The zero-order chi connectivity index (χ0) is 21.3. The molecule has 0 bridgehead atoms. The Morgan fingerprint density at radius 3 is 2.37 bits per heavy atom. The quantitative estimate of drug-likeness (QED) is 0.407. The van der Waals surface area contributed by atoms with E-state index in [1.165, 1.54) is 0 Å². The fourth-order valence-electron chi connectivity index (χ4n) is 2.80. The van der Waals surface area contributed by atoms with Crippen LogP contribution in [0.15, 0.2) is 71.8 Å². The molecule has 0 fully saturated rings. The smallest absolute Gasteiger partial charge is 0.277 e. The van der Waals surface area contributed by atoms with E-state index < -0.39 is 0 Å². The summed E-state index contributed by atoms with van der Waals surface area (Å²) in [6, 6.07) is 20.8. The van der Waals surface area contributed by atoms with E-state index in [1.807, 2.05) is 80.6 Å². The molecule has 0 heterocycles. The van der Waals surface area contributed by atoms with Crippen molar-refractivity contribution in [3.8, 4) is 11.5 Å². The second-order valence-corrected chi connectivity index (χ2v) is 7.26. The number of ether oxygens (including phenoxy) is 2. The van der Waals surface area contributed by atoms with Crippen molar-refractivity contribution in [3.63, 3.8) is 0 Å². The molecule has 0 unspecified atom stereocenters. The van der Waals surface area contributed by atoms with Crippen molar-refractivity contribution in [2.24, 2.45) is 5.10 Å². The van der Waals surface area contributed by atoms with Crippen LogP contribution in [0, 0.1) is 13.8 Å². The van der Waals surface area contributed by atoms with E-state index in [0.717, 1.165) is 28.0 Å². The number of benzene rings is 3. The fraction of sp³-hybridized carbons (Fsp3) is 0.167. The summed E-state index contributed by atoms with van der Waals surface area (Å²) in [4.78, 5) is 11.9. The van der Waals surface area contributed by atoms with Crippen LogP contribution in [-0.2, 0) is 11.4 Å². The zero-order valence-corrected chi connectivity index (χ0v) is 17.6. The third-order valence-electron chi connectivity index (χ3n) is 4.20. The van der Waals surface area contributed by atoms with Gasteiger partial charge in [-0.15, -0.1) is 0 Å². The Bertz CT molecular complexity index is 1010. The molecule has 1 amide bonds. The van der Waals surface area contributed by atoms with Gasteiger partial charge in [0.15, 0.2) is 6.61 Å². The van der Waals surface area contributed by atoms with Crippen LogP contribution in [0.4, 0.5) is 0 Å². The molecule has 0 saturated heterocycles. The first kappa shape index (κ1) is 21.4. The van der Waals surface area contributed by atoms with Gasteiger partial charge in [0.2, 0.25) is 0 Å². The van der Waals surface area contributed by atoms with E-state index in [-0.39, 0.29) is 12.5 Å². The number of nitrogens with zero attached hydrogens (tertiary/aromatic N) is 1. The predicted molar refractivity (Wildman–Crippen MR) is 119 cm³/mol. The first-order chi connectivity index (χ1) is 14.5. The molecule has 0 atom stereocenters. The highest BCUT2D eigenvalue weighted by Crippen LogP contribution is 2.19. The van der Waals surface area contributed by atoms with E-state index in [4.69, 9.17) is 21.1 Å². The molecule has 30 heavy (non-hydrogen) atoms. The van der Waals surface area contributed by atoms with Crippen LogP contribution in [0.25, 0.3) is 0 Å². The number of hydrogen-bond acceptors (Lipinski definition) is 4. The Hall–Kier alpha value is -3.31. The number of aryl methyl sites for hydroxylation is 2. The highest BCUT2D eigenvalue weighted by atomic mass is 35.5. The van der Waals surface area contributed by atoms with E-state index in [1.54, 1.807) is 6.21 Å². The monoisotopic (exact) mass is 422 g/mol. The SMILES string of the molecule is Cc1cc(C)cc(OCC(=O)N/N=C/c2ccc(OCc3ccccc3Cl)cc2)c1. The lowest BCUT2D eigenvalue weighted by molar-refractivity contribution is -0.123. The molecule has 6 heteroatoms. The molecule has 154 valence electrons. The fourth-order valence-corrected chi connectivity index (χ4v) is 2.99. The first-order valence-electron chi connectivity index (χ1n) is 9.49. The molecule has 0 aliphatic heterocycles. The maximum Gasteiger partial charge on any atom is 0.277 e. The van der Waals surface area contributed by atoms with Crippen molar-refractivity contribution >= 4 is 23.7 Å². The molecular formula is C24H23ClN2O3. The number of nitrogens with one attached hydrogen (secondary N) is 1. The summed E-state index contributed by atoms with van der Waals surface area (Å²) in [7, 11) is 0. The van der Waals surface area contributed by atoms with Crippen LogP contribution in [0.5, 0.6) is 11.5 Å². The molecule has 0 radical (unpaired) electrons. The zero-order valence-electron chi connectivity index (χ0n) is 16.9. The van der Waals surface area contributed by atoms with Crippen molar-refractivity contribution in [1.82, 2.24) is 5.43 Å². The second kappa shape index (κ2) is 10.5. The van der Waals surface area contributed by atoms with E-state index in [9.17, 15) is 4.79 Å². The average molecular weight is 423 g/mol. The van der Waals surface area contributed by atoms with Crippen molar-refractivity contribution in [2.75, 3.05) is 6.61 Å². The summed E-state index contributed by atoms with van der Waals surface area (Å²) in [5.41, 5.74) is 6.39. The van der Waals surface area contributed by atoms with Crippen molar-refractivity contribution in [2.45, 2.75) is 20.5 Å². The van der Waals surface area contributed by atoms with Crippen molar-refractivity contribution in [3.05, 3.63) is 94.0 Å². The van der Waals surface area contributed by atoms with Gasteiger partial charge < -0.3 is 9.47 Å². The van der Waals surface area contributed by atoms with Gasteiger partial charge in [-0.3, -0.25) is 4.79 Å². The van der Waals surface area contributed by atoms with Gasteiger partial charge in [0.1, 0.15) is 18.1 Å². The van der Waals surface area contributed by atoms with Crippen LogP contribution < -0.4 is 14.9 Å². The maximum absolute atomic E-state index is 11.9. The van der Waals surface area contributed by atoms with Crippen molar-refractivity contribution < 1.29 is 14.3 Å². The molecule has 0 aliphatic rings. The number of hydrogen-bond donors (Lipinski definition) is 1. The lowest BCUT2D eigenvalue weighted by Gasteiger charge is -2.08. The van der Waals surface area contributed by atoms with E-state index in [2.05, 4.69) is 10.5 Å². The maximum atomic E-state index is 11.9. The number of carbonyl (C=O) groups excluding carboxylic acids is 1. The molecule has 1 N–H and O–H groups in total. The van der Waals surface area contributed by atoms with Gasteiger partial charge in [0.25, 0.3) is 5.91 Å². The molecule has 3 rings (SSSR count). The van der Waals surface area contributed by atoms with Crippen LogP contribution >= 0.6 is 11.6 Å². The lowest BCUT2D eigenvalue weighted by atomic mass is 10.1. The number of carbonyl (C=O) groups is 1. The topological polar surface area (TPSA) is 59.9 Å². The van der Waals surface area contributed by atoms with Gasteiger partial charge in [-0.05, 0) is 73.0 Å². The van der Waals surface area contributed by atoms with Gasteiger partial charge >= 0.3 is 0 Å². The third kappa shape index (κ3) is 6.64. The average Bonchev–Trinajstić information content (AvgIpc) is 2.72. The Morgan fingerprint density at radius 1 is 0.967 bits per heavy atom. The molecule has 0 saturated carbocycles. The molecule has 0 aliphatic carbocycles. The summed E-state index contributed by atoms with van der Waals surface area (Å²) < 4.78 is 11.3. The van der Waals surface area contributed by atoms with Crippen LogP contribution in [0.2, 0.25) is 5.02 Å². The number of halogens is 1.